The molecule has 0 aromatic carbocycles. The Morgan fingerprint density at radius 1 is 1.53 bits per heavy atom. The minimum Gasteiger partial charge on any atom is -0.380 e. The molecule has 0 radical (unpaired) electrons. The molecule has 2 rings (SSSR count). The number of pyridine rings is 1. The lowest BCUT2D eigenvalue weighted by Gasteiger charge is -2.31. The Kier molecular flexibility index (Phi) is 5.61. The van der Waals surface area contributed by atoms with E-state index in [1.807, 2.05) is 13.3 Å². The third-order valence-corrected chi connectivity index (χ3v) is 3.58. The number of piperidine rings is 1. The maximum absolute atomic E-state index is 5.47. The summed E-state index contributed by atoms with van der Waals surface area (Å²) < 4.78 is 5.47. The zero-order valence-electron chi connectivity index (χ0n) is 12.1. The van der Waals surface area contributed by atoms with Gasteiger partial charge >= 0.3 is 0 Å². The quantitative estimate of drug-likeness (QED) is 0.856. The van der Waals surface area contributed by atoms with Gasteiger partial charge in [-0.15, -0.1) is 0 Å². The summed E-state index contributed by atoms with van der Waals surface area (Å²) in [6, 6.07) is 4.26. The van der Waals surface area contributed by atoms with E-state index in [-0.39, 0.29) is 0 Å². The summed E-state index contributed by atoms with van der Waals surface area (Å²) in [5, 5.41) is 3.34. The van der Waals surface area contributed by atoms with Crippen LogP contribution in [0.4, 0.5) is 5.82 Å². The van der Waals surface area contributed by atoms with Crippen molar-refractivity contribution in [1.29, 1.82) is 0 Å². The molecule has 1 saturated heterocycles. The van der Waals surface area contributed by atoms with Crippen LogP contribution in [0, 0.1) is 0 Å². The first-order valence-corrected chi connectivity index (χ1v) is 7.25. The average molecular weight is 263 g/mol. The summed E-state index contributed by atoms with van der Waals surface area (Å²) in [5.74, 6) is 0.986. The summed E-state index contributed by atoms with van der Waals surface area (Å²) in [5.41, 5.74) is 1.32. The normalized spacial score (nSPS) is 20.4. The zero-order valence-corrected chi connectivity index (χ0v) is 12.1. The van der Waals surface area contributed by atoms with Crippen molar-refractivity contribution in [2.45, 2.75) is 38.8 Å². The van der Waals surface area contributed by atoms with Crippen LogP contribution in [-0.2, 0) is 11.3 Å². The molecule has 1 unspecified atom stereocenters. The van der Waals surface area contributed by atoms with Crippen LogP contribution in [0.2, 0.25) is 0 Å². The van der Waals surface area contributed by atoms with Crippen LogP contribution >= 0.6 is 0 Å². The lowest BCUT2D eigenvalue weighted by atomic mass is 10.1. The number of likely N-dealkylation sites (tertiary alicyclic amines) is 1. The van der Waals surface area contributed by atoms with Gasteiger partial charge in [0.15, 0.2) is 0 Å². The molecule has 0 bridgehead atoms. The van der Waals surface area contributed by atoms with Gasteiger partial charge in [0.1, 0.15) is 5.82 Å². The van der Waals surface area contributed by atoms with Gasteiger partial charge in [-0.25, -0.2) is 4.98 Å². The van der Waals surface area contributed by atoms with Crippen molar-refractivity contribution in [2.24, 2.45) is 0 Å². The van der Waals surface area contributed by atoms with E-state index in [1.54, 1.807) is 0 Å². The summed E-state index contributed by atoms with van der Waals surface area (Å²) in [4.78, 5) is 6.82. The fourth-order valence-electron chi connectivity index (χ4n) is 2.53. The average Bonchev–Trinajstić information content (AvgIpc) is 2.46. The molecular formula is C15H25N3O. The van der Waals surface area contributed by atoms with Gasteiger partial charge in [0.25, 0.3) is 0 Å². The van der Waals surface area contributed by atoms with Gasteiger partial charge in [-0.2, -0.15) is 0 Å². The smallest absolute Gasteiger partial charge is 0.126 e. The molecule has 106 valence electrons. The Hall–Kier alpha value is -1.13. The van der Waals surface area contributed by atoms with Crippen LogP contribution < -0.4 is 5.32 Å². The molecule has 4 heteroatoms. The van der Waals surface area contributed by atoms with Crippen molar-refractivity contribution < 1.29 is 4.74 Å². The lowest BCUT2D eigenvalue weighted by Crippen LogP contribution is -2.38. The standard InChI is InChI=1S/C15H25N3O/c1-3-7-16-15-10-13(6-8-17-15)11-18-9-4-5-14(12-18)19-2/h6,8,10,14H,3-5,7,9,11-12H2,1-2H3,(H,16,17). The van der Waals surface area contributed by atoms with Gasteiger partial charge in [-0.05, 0) is 43.5 Å². The highest BCUT2D eigenvalue weighted by atomic mass is 16.5. The van der Waals surface area contributed by atoms with Gasteiger partial charge in [0.2, 0.25) is 0 Å². The molecule has 0 aliphatic carbocycles. The molecule has 0 spiro atoms. The molecule has 4 nitrogen and oxygen atoms in total. The van der Waals surface area contributed by atoms with Crippen molar-refractivity contribution in [3.8, 4) is 0 Å². The van der Waals surface area contributed by atoms with Gasteiger partial charge < -0.3 is 10.1 Å². The number of nitrogens with one attached hydrogen (secondary N) is 1. The molecule has 0 amide bonds. The minimum absolute atomic E-state index is 0.397. The fourth-order valence-corrected chi connectivity index (χ4v) is 2.53. The van der Waals surface area contributed by atoms with Gasteiger partial charge in [0, 0.05) is 32.9 Å². The predicted octanol–water partition coefficient (Wildman–Crippen LogP) is 2.51. The van der Waals surface area contributed by atoms with Crippen molar-refractivity contribution in [1.82, 2.24) is 9.88 Å². The molecule has 1 aliphatic rings. The third-order valence-electron chi connectivity index (χ3n) is 3.58. The van der Waals surface area contributed by atoms with Crippen molar-refractivity contribution in [2.75, 3.05) is 32.1 Å². The maximum atomic E-state index is 5.47. The van der Waals surface area contributed by atoms with E-state index >= 15 is 0 Å². The van der Waals surface area contributed by atoms with Gasteiger partial charge in [0.05, 0.1) is 6.10 Å². The summed E-state index contributed by atoms with van der Waals surface area (Å²) in [6.45, 7) is 6.33. The number of hydrogen-bond acceptors (Lipinski definition) is 4. The summed E-state index contributed by atoms with van der Waals surface area (Å²) >= 11 is 0. The van der Waals surface area contributed by atoms with E-state index < -0.39 is 0 Å². The van der Waals surface area contributed by atoms with Crippen LogP contribution in [0.5, 0.6) is 0 Å². The van der Waals surface area contributed by atoms with Crippen molar-refractivity contribution in [3.63, 3.8) is 0 Å². The second-order valence-electron chi connectivity index (χ2n) is 5.21. The monoisotopic (exact) mass is 263 g/mol. The minimum atomic E-state index is 0.397. The van der Waals surface area contributed by atoms with Crippen LogP contribution in [-0.4, -0.2) is 42.7 Å². The molecule has 1 fully saturated rings. The van der Waals surface area contributed by atoms with E-state index in [1.165, 1.54) is 24.9 Å². The Labute approximate surface area is 116 Å². The van der Waals surface area contributed by atoms with E-state index in [9.17, 15) is 0 Å². The van der Waals surface area contributed by atoms with Gasteiger partial charge in [-0.3, -0.25) is 4.90 Å². The molecule has 0 saturated carbocycles. The summed E-state index contributed by atoms with van der Waals surface area (Å²) in [7, 11) is 1.81. The molecular weight excluding hydrogens is 238 g/mol. The Morgan fingerprint density at radius 2 is 2.42 bits per heavy atom. The number of nitrogens with zero attached hydrogens (tertiary/aromatic N) is 2. The number of aromatic nitrogens is 1. The Bertz CT molecular complexity index is 383. The molecule has 19 heavy (non-hydrogen) atoms. The van der Waals surface area contributed by atoms with Crippen LogP contribution in [0.3, 0.4) is 0 Å². The predicted molar refractivity (Wildman–Crippen MR) is 78.3 cm³/mol. The fraction of sp³-hybridized carbons (Fsp3) is 0.667. The highest BCUT2D eigenvalue weighted by Crippen LogP contribution is 2.16. The second-order valence-corrected chi connectivity index (χ2v) is 5.21. The topological polar surface area (TPSA) is 37.4 Å². The summed E-state index contributed by atoms with van der Waals surface area (Å²) in [6.07, 6.45) is 5.82. The molecule has 2 heterocycles. The van der Waals surface area contributed by atoms with Crippen LogP contribution in [0.15, 0.2) is 18.3 Å². The molecule has 1 N–H and O–H groups in total. The molecule has 1 aromatic heterocycles. The Morgan fingerprint density at radius 3 is 3.21 bits per heavy atom. The van der Waals surface area contributed by atoms with Crippen molar-refractivity contribution >= 4 is 5.82 Å². The van der Waals surface area contributed by atoms with Gasteiger partial charge in [-0.1, -0.05) is 6.92 Å². The van der Waals surface area contributed by atoms with E-state index in [0.29, 0.717) is 6.10 Å². The highest BCUT2D eigenvalue weighted by molar-refractivity contribution is 5.37. The molecule has 1 aromatic rings. The molecule has 1 aliphatic heterocycles. The number of hydrogen-bond donors (Lipinski definition) is 1. The number of methoxy groups -OCH3 is 1. The first-order valence-electron chi connectivity index (χ1n) is 7.25. The van der Waals surface area contributed by atoms with E-state index in [4.69, 9.17) is 4.74 Å². The third kappa shape index (κ3) is 4.48. The first-order chi connectivity index (χ1) is 9.31. The maximum Gasteiger partial charge on any atom is 0.126 e. The van der Waals surface area contributed by atoms with E-state index in [2.05, 4.69) is 34.3 Å². The number of anilines is 1. The van der Waals surface area contributed by atoms with Crippen LogP contribution in [0.1, 0.15) is 31.7 Å². The SMILES string of the molecule is CCCNc1cc(CN2CCCC(OC)C2)ccn1. The second kappa shape index (κ2) is 7.46. The first kappa shape index (κ1) is 14.3. The highest BCUT2D eigenvalue weighted by Gasteiger charge is 2.19. The van der Waals surface area contributed by atoms with Crippen molar-refractivity contribution in [3.05, 3.63) is 23.9 Å². The number of ether oxygens (including phenoxy) is 1. The largest absolute Gasteiger partial charge is 0.380 e. The molecule has 1 atom stereocenters. The van der Waals surface area contributed by atoms with Crippen LogP contribution in [0.25, 0.3) is 0 Å². The zero-order chi connectivity index (χ0) is 13.5. The number of rotatable bonds is 6. The Balaban J connectivity index is 1.90. The lowest BCUT2D eigenvalue weighted by molar-refractivity contribution is 0.0285. The van der Waals surface area contributed by atoms with E-state index in [0.717, 1.165) is 31.9 Å².